The summed E-state index contributed by atoms with van der Waals surface area (Å²) >= 11 is 1.26. The number of aliphatic hydroxyl groups is 1. The minimum absolute atomic E-state index is 0.179. The predicted molar refractivity (Wildman–Crippen MR) is 67.1 cm³/mol. The number of hydrogen-bond donors (Lipinski definition) is 3. The van der Waals surface area contributed by atoms with Crippen molar-refractivity contribution in [2.24, 2.45) is 0 Å². The summed E-state index contributed by atoms with van der Waals surface area (Å²) in [6.07, 6.45) is 1.46. The first-order valence-corrected chi connectivity index (χ1v) is 6.54. The van der Waals surface area contributed by atoms with Crippen LogP contribution in [0.2, 0.25) is 0 Å². The zero-order valence-electron chi connectivity index (χ0n) is 9.87. The Balaban J connectivity index is 1.93. The lowest BCUT2D eigenvalue weighted by Crippen LogP contribution is -2.47. The Labute approximate surface area is 109 Å². The molecular formula is C10H16N4O3S. The summed E-state index contributed by atoms with van der Waals surface area (Å²) in [7, 11) is 0. The first kappa shape index (κ1) is 13.2. The lowest BCUT2D eigenvalue weighted by molar-refractivity contribution is 0.0710. The van der Waals surface area contributed by atoms with Crippen molar-refractivity contribution in [3.05, 3.63) is 11.1 Å². The molecule has 1 aromatic rings. The monoisotopic (exact) mass is 272 g/mol. The van der Waals surface area contributed by atoms with Gasteiger partial charge in [0.1, 0.15) is 4.88 Å². The Morgan fingerprint density at radius 1 is 1.44 bits per heavy atom. The molecule has 1 aromatic heterocycles. The van der Waals surface area contributed by atoms with Crippen LogP contribution in [0.4, 0.5) is 5.13 Å². The number of β-amino-alcohol motifs (C(OH)–C–C–N with tert-alkyl or cyclic N) is 1. The van der Waals surface area contributed by atoms with Crippen LogP contribution >= 0.6 is 11.3 Å². The van der Waals surface area contributed by atoms with Gasteiger partial charge in [-0.05, 0) is 0 Å². The van der Waals surface area contributed by atoms with Gasteiger partial charge in [-0.3, -0.25) is 14.9 Å². The average molecular weight is 272 g/mol. The molecule has 100 valence electrons. The highest BCUT2D eigenvalue weighted by molar-refractivity contribution is 7.17. The van der Waals surface area contributed by atoms with Gasteiger partial charge in [-0.15, -0.1) is 0 Å². The van der Waals surface area contributed by atoms with Crippen LogP contribution in [0.1, 0.15) is 9.67 Å². The Kier molecular flexibility index (Phi) is 4.48. The molecule has 1 fully saturated rings. The van der Waals surface area contributed by atoms with Crippen LogP contribution in [-0.4, -0.2) is 65.4 Å². The molecule has 0 aliphatic carbocycles. The van der Waals surface area contributed by atoms with E-state index in [-0.39, 0.29) is 6.61 Å². The molecule has 2 rings (SSSR count). The average Bonchev–Trinajstić information content (AvgIpc) is 2.89. The van der Waals surface area contributed by atoms with Crippen molar-refractivity contribution in [3.63, 3.8) is 0 Å². The SMILES string of the molecule is O=C(NO)c1cnc(N2CCN(CCO)CC2)s1. The van der Waals surface area contributed by atoms with Crippen molar-refractivity contribution in [1.82, 2.24) is 15.4 Å². The van der Waals surface area contributed by atoms with Gasteiger partial charge in [-0.2, -0.15) is 0 Å². The molecule has 3 N–H and O–H groups in total. The van der Waals surface area contributed by atoms with Crippen LogP contribution < -0.4 is 10.4 Å². The molecule has 1 amide bonds. The quantitative estimate of drug-likeness (QED) is 0.500. The Bertz CT molecular complexity index is 404. The standard InChI is InChI=1S/C10H16N4O3S/c15-6-5-13-1-3-14(4-2-13)10-11-7-8(18-10)9(16)12-17/h7,15,17H,1-6H2,(H,12,16). The molecule has 1 aliphatic heterocycles. The molecule has 0 atom stereocenters. The second-order valence-corrected chi connectivity index (χ2v) is 5.01. The van der Waals surface area contributed by atoms with Crippen molar-refractivity contribution >= 4 is 22.4 Å². The number of thiazole rings is 1. The molecule has 18 heavy (non-hydrogen) atoms. The van der Waals surface area contributed by atoms with E-state index in [1.165, 1.54) is 17.5 Å². The number of hydroxylamine groups is 1. The van der Waals surface area contributed by atoms with Crippen molar-refractivity contribution in [2.45, 2.75) is 0 Å². The minimum atomic E-state index is -0.530. The number of anilines is 1. The highest BCUT2D eigenvalue weighted by Gasteiger charge is 2.20. The van der Waals surface area contributed by atoms with Crippen LogP contribution in [0.5, 0.6) is 0 Å². The number of aromatic nitrogens is 1. The van der Waals surface area contributed by atoms with Gasteiger partial charge in [0.25, 0.3) is 5.91 Å². The molecule has 0 unspecified atom stereocenters. The molecular weight excluding hydrogens is 256 g/mol. The fourth-order valence-corrected chi connectivity index (χ4v) is 2.73. The van der Waals surface area contributed by atoms with Crippen LogP contribution in [0.25, 0.3) is 0 Å². The number of hydrogen-bond acceptors (Lipinski definition) is 7. The maximum atomic E-state index is 11.2. The summed E-state index contributed by atoms with van der Waals surface area (Å²) in [5.74, 6) is -0.530. The molecule has 0 radical (unpaired) electrons. The van der Waals surface area contributed by atoms with Gasteiger partial charge in [0, 0.05) is 32.7 Å². The van der Waals surface area contributed by atoms with Crippen LogP contribution in [0.15, 0.2) is 6.20 Å². The van der Waals surface area contributed by atoms with Gasteiger partial charge in [-0.25, -0.2) is 10.5 Å². The number of nitrogens with zero attached hydrogens (tertiary/aromatic N) is 3. The summed E-state index contributed by atoms with van der Waals surface area (Å²) in [5, 5.41) is 18.2. The number of carbonyl (C=O) groups excluding carboxylic acids is 1. The smallest absolute Gasteiger partial charge is 0.286 e. The maximum absolute atomic E-state index is 11.2. The molecule has 0 aromatic carbocycles. The van der Waals surface area contributed by atoms with Gasteiger partial charge in [0.2, 0.25) is 0 Å². The van der Waals surface area contributed by atoms with Crippen LogP contribution in [0, 0.1) is 0 Å². The van der Waals surface area contributed by atoms with Crippen LogP contribution in [0.3, 0.4) is 0 Å². The minimum Gasteiger partial charge on any atom is -0.395 e. The molecule has 2 heterocycles. The lowest BCUT2D eigenvalue weighted by atomic mass is 10.3. The number of aliphatic hydroxyl groups excluding tert-OH is 1. The van der Waals surface area contributed by atoms with Crippen LogP contribution in [-0.2, 0) is 0 Å². The van der Waals surface area contributed by atoms with E-state index in [9.17, 15) is 4.79 Å². The van der Waals surface area contributed by atoms with E-state index in [1.807, 2.05) is 0 Å². The Hall–Kier alpha value is -1.22. The van der Waals surface area contributed by atoms with Gasteiger partial charge >= 0.3 is 0 Å². The van der Waals surface area contributed by atoms with Crippen molar-refractivity contribution in [3.8, 4) is 0 Å². The third kappa shape index (κ3) is 2.96. The molecule has 0 saturated carbocycles. The molecule has 8 heteroatoms. The number of piperazine rings is 1. The normalized spacial score (nSPS) is 16.9. The first-order chi connectivity index (χ1) is 8.74. The Morgan fingerprint density at radius 3 is 2.78 bits per heavy atom. The number of nitrogens with one attached hydrogen (secondary N) is 1. The number of rotatable bonds is 4. The van der Waals surface area contributed by atoms with Crippen molar-refractivity contribution in [2.75, 3.05) is 44.2 Å². The zero-order valence-corrected chi connectivity index (χ0v) is 10.7. The van der Waals surface area contributed by atoms with E-state index >= 15 is 0 Å². The topological polar surface area (TPSA) is 88.9 Å². The van der Waals surface area contributed by atoms with Crippen molar-refractivity contribution in [1.29, 1.82) is 0 Å². The second-order valence-electron chi connectivity index (χ2n) is 4.00. The van der Waals surface area contributed by atoms with E-state index in [2.05, 4.69) is 14.8 Å². The molecule has 1 aliphatic rings. The number of carbonyl (C=O) groups is 1. The molecule has 1 saturated heterocycles. The van der Waals surface area contributed by atoms with Gasteiger partial charge < -0.3 is 10.0 Å². The maximum Gasteiger partial charge on any atom is 0.286 e. The first-order valence-electron chi connectivity index (χ1n) is 5.73. The van der Waals surface area contributed by atoms with Crippen molar-refractivity contribution < 1.29 is 15.1 Å². The molecule has 0 spiro atoms. The molecule has 0 bridgehead atoms. The third-order valence-electron chi connectivity index (χ3n) is 2.88. The fourth-order valence-electron chi connectivity index (χ4n) is 1.88. The van der Waals surface area contributed by atoms with E-state index < -0.39 is 5.91 Å². The Morgan fingerprint density at radius 2 is 2.17 bits per heavy atom. The summed E-state index contributed by atoms with van der Waals surface area (Å²) in [4.78, 5) is 20.1. The predicted octanol–water partition coefficient (Wildman–Crippen LogP) is -0.624. The van der Waals surface area contributed by atoms with E-state index in [0.717, 1.165) is 31.3 Å². The fraction of sp³-hybridized carbons (Fsp3) is 0.600. The van der Waals surface area contributed by atoms with E-state index in [4.69, 9.17) is 10.3 Å². The lowest BCUT2D eigenvalue weighted by Gasteiger charge is -2.34. The van der Waals surface area contributed by atoms with Gasteiger partial charge in [-0.1, -0.05) is 11.3 Å². The third-order valence-corrected chi connectivity index (χ3v) is 3.93. The molecule has 7 nitrogen and oxygen atoms in total. The van der Waals surface area contributed by atoms with Gasteiger partial charge in [0.15, 0.2) is 5.13 Å². The highest BCUT2D eigenvalue weighted by Crippen LogP contribution is 2.23. The highest BCUT2D eigenvalue weighted by atomic mass is 32.1. The van der Waals surface area contributed by atoms with E-state index in [1.54, 1.807) is 5.48 Å². The summed E-state index contributed by atoms with van der Waals surface area (Å²) < 4.78 is 0. The zero-order chi connectivity index (χ0) is 13.0. The summed E-state index contributed by atoms with van der Waals surface area (Å²) in [6, 6.07) is 0. The summed E-state index contributed by atoms with van der Waals surface area (Å²) in [5.41, 5.74) is 1.60. The van der Waals surface area contributed by atoms with Gasteiger partial charge in [0.05, 0.1) is 12.8 Å². The number of amides is 1. The largest absolute Gasteiger partial charge is 0.395 e. The summed E-state index contributed by atoms with van der Waals surface area (Å²) in [6.45, 7) is 4.28. The van der Waals surface area contributed by atoms with E-state index in [0.29, 0.717) is 11.4 Å². The second kappa shape index (κ2) is 6.10.